The molecule has 7 heteroatoms. The molecule has 1 heterocycles. The summed E-state index contributed by atoms with van der Waals surface area (Å²) in [5.41, 5.74) is 0. The molecule has 1 aromatic rings. The summed E-state index contributed by atoms with van der Waals surface area (Å²) in [6.45, 7) is 2.61. The fourth-order valence-corrected chi connectivity index (χ4v) is 3.05. The normalized spacial score (nSPS) is 14.1. The topological polar surface area (TPSA) is 82.5 Å². The van der Waals surface area contributed by atoms with Gasteiger partial charge in [0.05, 0.1) is 0 Å². The summed E-state index contributed by atoms with van der Waals surface area (Å²) in [6, 6.07) is 0. The van der Waals surface area contributed by atoms with Crippen molar-refractivity contribution in [3.63, 3.8) is 0 Å². The number of rotatable bonds is 6. The molecule has 1 aromatic heterocycles. The highest BCUT2D eigenvalue weighted by Gasteiger charge is 2.31. The first-order valence-corrected chi connectivity index (χ1v) is 7.29. The van der Waals surface area contributed by atoms with Crippen LogP contribution in [0.4, 0.5) is 0 Å². The van der Waals surface area contributed by atoms with Crippen LogP contribution in [0.3, 0.4) is 0 Å². The molecule has 1 atom stereocenters. The van der Waals surface area contributed by atoms with Gasteiger partial charge in [-0.3, -0.25) is 9.88 Å². The van der Waals surface area contributed by atoms with Crippen LogP contribution in [0.15, 0.2) is 11.6 Å². The highest BCUT2D eigenvalue weighted by Crippen LogP contribution is 2.50. The van der Waals surface area contributed by atoms with Crippen LogP contribution in [-0.2, 0) is 4.57 Å². The Morgan fingerprint density at radius 3 is 2.87 bits per heavy atom. The number of thiazole rings is 1. The first kappa shape index (κ1) is 12.8. The van der Waals surface area contributed by atoms with E-state index < -0.39 is 13.4 Å². The van der Waals surface area contributed by atoms with Gasteiger partial charge in [0.25, 0.3) is 0 Å². The zero-order valence-corrected chi connectivity index (χ0v) is 10.2. The largest absolute Gasteiger partial charge is 0.349 e. The number of unbranched alkanes of at least 4 members (excludes halogenated alkanes) is 1. The SMILES string of the molecule is CCCCNC(c1nccs1)P(=O)(O)O. The molecule has 1 rings (SSSR count). The van der Waals surface area contributed by atoms with Crippen LogP contribution in [0.25, 0.3) is 0 Å². The van der Waals surface area contributed by atoms with Crippen molar-refractivity contribution >= 4 is 18.9 Å². The van der Waals surface area contributed by atoms with E-state index in [2.05, 4.69) is 10.3 Å². The Morgan fingerprint density at radius 1 is 1.67 bits per heavy atom. The second kappa shape index (κ2) is 5.72. The lowest BCUT2D eigenvalue weighted by molar-refractivity contribution is 0.347. The van der Waals surface area contributed by atoms with Gasteiger partial charge in [0.2, 0.25) is 0 Å². The van der Waals surface area contributed by atoms with E-state index in [1.165, 1.54) is 11.3 Å². The highest BCUT2D eigenvalue weighted by molar-refractivity contribution is 7.52. The predicted molar refractivity (Wildman–Crippen MR) is 59.8 cm³/mol. The standard InChI is InChI=1S/C8H15N2O3PS/c1-2-3-4-9-7(14(11,12)13)8-10-5-6-15-8/h5-7,9H,2-4H2,1H3,(H2,11,12,13). The van der Waals surface area contributed by atoms with E-state index in [0.717, 1.165) is 12.8 Å². The molecule has 0 aromatic carbocycles. The van der Waals surface area contributed by atoms with Gasteiger partial charge in [0.15, 0.2) is 5.78 Å². The lowest BCUT2D eigenvalue weighted by Crippen LogP contribution is -2.22. The summed E-state index contributed by atoms with van der Waals surface area (Å²) >= 11 is 1.25. The fraction of sp³-hybridized carbons (Fsp3) is 0.625. The number of aromatic nitrogens is 1. The van der Waals surface area contributed by atoms with E-state index >= 15 is 0 Å². The highest BCUT2D eigenvalue weighted by atomic mass is 32.1. The molecule has 15 heavy (non-hydrogen) atoms. The van der Waals surface area contributed by atoms with Gasteiger partial charge in [-0.05, 0) is 13.0 Å². The van der Waals surface area contributed by atoms with Crippen LogP contribution in [-0.4, -0.2) is 21.3 Å². The Kier molecular flexibility index (Phi) is 4.89. The van der Waals surface area contributed by atoms with Crippen molar-refractivity contribution in [1.29, 1.82) is 0 Å². The van der Waals surface area contributed by atoms with Crippen molar-refractivity contribution in [2.45, 2.75) is 25.5 Å². The molecular weight excluding hydrogens is 235 g/mol. The molecule has 5 nitrogen and oxygen atoms in total. The van der Waals surface area contributed by atoms with Crippen molar-refractivity contribution in [2.24, 2.45) is 0 Å². The molecule has 0 aliphatic rings. The van der Waals surface area contributed by atoms with Crippen LogP contribution in [0.5, 0.6) is 0 Å². The third-order valence-electron chi connectivity index (χ3n) is 1.89. The second-order valence-electron chi connectivity index (χ2n) is 3.17. The number of nitrogens with zero attached hydrogens (tertiary/aromatic N) is 1. The van der Waals surface area contributed by atoms with E-state index in [0.29, 0.717) is 11.6 Å². The van der Waals surface area contributed by atoms with Gasteiger partial charge < -0.3 is 9.79 Å². The molecule has 0 amide bonds. The van der Waals surface area contributed by atoms with E-state index in [-0.39, 0.29) is 0 Å². The lowest BCUT2D eigenvalue weighted by atomic mass is 10.3. The van der Waals surface area contributed by atoms with Crippen molar-refractivity contribution in [3.8, 4) is 0 Å². The Labute approximate surface area is 92.7 Å². The molecule has 0 fully saturated rings. The van der Waals surface area contributed by atoms with Crippen molar-refractivity contribution in [3.05, 3.63) is 16.6 Å². The van der Waals surface area contributed by atoms with Crippen LogP contribution in [0.1, 0.15) is 30.6 Å². The molecule has 86 valence electrons. The molecule has 0 bridgehead atoms. The molecule has 3 N–H and O–H groups in total. The summed E-state index contributed by atoms with van der Waals surface area (Å²) < 4.78 is 11.2. The van der Waals surface area contributed by atoms with Gasteiger partial charge in [0, 0.05) is 11.6 Å². The van der Waals surface area contributed by atoms with Crippen molar-refractivity contribution in [1.82, 2.24) is 10.3 Å². The minimum absolute atomic E-state index is 0.444. The summed E-state index contributed by atoms with van der Waals surface area (Å²) in [6.07, 6.45) is 3.42. The smallest absolute Gasteiger partial charge is 0.323 e. The zero-order valence-electron chi connectivity index (χ0n) is 8.46. The second-order valence-corrected chi connectivity index (χ2v) is 5.79. The lowest BCUT2D eigenvalue weighted by Gasteiger charge is -2.17. The molecule has 0 aliphatic carbocycles. The molecule has 0 spiro atoms. The first-order valence-electron chi connectivity index (χ1n) is 4.73. The maximum atomic E-state index is 11.2. The quantitative estimate of drug-likeness (QED) is 0.529. The Morgan fingerprint density at radius 2 is 2.40 bits per heavy atom. The molecule has 0 radical (unpaired) electrons. The van der Waals surface area contributed by atoms with Gasteiger partial charge in [-0.15, -0.1) is 11.3 Å². The fourth-order valence-electron chi connectivity index (χ4n) is 1.14. The third kappa shape index (κ3) is 4.01. The van der Waals surface area contributed by atoms with Gasteiger partial charge >= 0.3 is 7.60 Å². The van der Waals surface area contributed by atoms with Crippen molar-refractivity contribution < 1.29 is 14.4 Å². The van der Waals surface area contributed by atoms with Gasteiger partial charge in [-0.1, -0.05) is 13.3 Å². The van der Waals surface area contributed by atoms with E-state index in [4.69, 9.17) is 9.79 Å². The van der Waals surface area contributed by atoms with Crippen LogP contribution < -0.4 is 5.32 Å². The monoisotopic (exact) mass is 250 g/mol. The summed E-state index contributed by atoms with van der Waals surface area (Å²) in [4.78, 5) is 22.3. The molecule has 0 aliphatic heterocycles. The van der Waals surface area contributed by atoms with Crippen molar-refractivity contribution in [2.75, 3.05) is 6.54 Å². The average molecular weight is 250 g/mol. The molecular formula is C8H15N2O3PS. The van der Waals surface area contributed by atoms with E-state index in [1.807, 2.05) is 6.92 Å². The van der Waals surface area contributed by atoms with Crippen LogP contribution in [0.2, 0.25) is 0 Å². The van der Waals surface area contributed by atoms with Crippen LogP contribution >= 0.6 is 18.9 Å². The maximum absolute atomic E-state index is 11.2. The van der Waals surface area contributed by atoms with Crippen LogP contribution in [0, 0.1) is 0 Å². The molecule has 1 unspecified atom stereocenters. The zero-order chi connectivity index (χ0) is 11.3. The molecule has 0 saturated heterocycles. The summed E-state index contributed by atoms with van der Waals surface area (Å²) in [5, 5.41) is 5.00. The number of hydrogen-bond acceptors (Lipinski definition) is 4. The number of hydrogen-bond donors (Lipinski definition) is 3. The Balaban J connectivity index is 2.67. The molecule has 0 saturated carbocycles. The minimum atomic E-state index is -4.17. The predicted octanol–water partition coefficient (Wildman–Crippen LogP) is 1.71. The first-order chi connectivity index (χ1) is 7.05. The minimum Gasteiger partial charge on any atom is -0.323 e. The third-order valence-corrected chi connectivity index (χ3v) is 4.00. The maximum Gasteiger partial charge on any atom is 0.349 e. The Bertz CT molecular complexity index is 325. The van der Waals surface area contributed by atoms with Gasteiger partial charge in [-0.25, -0.2) is 4.98 Å². The summed E-state index contributed by atoms with van der Waals surface area (Å²) in [7, 11) is -4.17. The van der Waals surface area contributed by atoms with Gasteiger partial charge in [0.1, 0.15) is 5.01 Å². The number of nitrogens with one attached hydrogen (secondary N) is 1. The van der Waals surface area contributed by atoms with E-state index in [1.54, 1.807) is 11.6 Å². The van der Waals surface area contributed by atoms with Gasteiger partial charge in [-0.2, -0.15) is 0 Å². The van der Waals surface area contributed by atoms with E-state index in [9.17, 15) is 4.57 Å². The Hall–Kier alpha value is -0.260. The summed E-state index contributed by atoms with van der Waals surface area (Å²) in [5.74, 6) is -0.955. The average Bonchev–Trinajstić information content (AvgIpc) is 2.63.